The van der Waals surface area contributed by atoms with Gasteiger partial charge in [-0.25, -0.2) is 0 Å². The van der Waals surface area contributed by atoms with Crippen LogP contribution in [0.15, 0.2) is 237 Å². The van der Waals surface area contributed by atoms with Crippen molar-refractivity contribution in [3.8, 4) is 84.3 Å². The first-order valence-electron chi connectivity index (χ1n) is 27.0. The number of benzene rings is 10. The van der Waals surface area contributed by atoms with E-state index in [-0.39, 0.29) is 29.7 Å². The fraction of sp³-hybridized carbons (Fsp3) is 0.0294. The van der Waals surface area contributed by atoms with Gasteiger partial charge in [0.05, 0.1) is 6.85 Å². The molecule has 0 N–H and O–H groups in total. The minimum Gasteiger partial charge on any atom is -0.0616 e. The Morgan fingerprint density at radius 1 is 0.514 bits per heavy atom. The number of pyridine rings is 1. The Balaban J connectivity index is 0.894. The zero-order chi connectivity index (χ0) is 53.6. The van der Waals surface area contributed by atoms with E-state index in [1.807, 2.05) is 60.0 Å². The third kappa shape index (κ3) is 7.34. The van der Waals surface area contributed by atoms with Gasteiger partial charge in [-0.2, -0.15) is 0 Å². The summed E-state index contributed by atoms with van der Waals surface area (Å²) in [6.07, 6.45) is 2.38. The normalized spacial score (nSPS) is 12.8. The number of fused-ring (bicyclic) bond motifs is 7. The van der Waals surface area contributed by atoms with Crippen molar-refractivity contribution in [2.24, 2.45) is 0 Å². The van der Waals surface area contributed by atoms with Crippen molar-refractivity contribution in [1.29, 1.82) is 0 Å². The van der Waals surface area contributed by atoms with Gasteiger partial charge in [-0.05, 0) is 18.1 Å². The van der Waals surface area contributed by atoms with E-state index in [0.29, 0.717) is 28.4 Å². The average molecular weight is 1130 g/mol. The molecule has 0 atom stereocenters. The molecule has 3 heterocycles. The third-order valence-electron chi connectivity index (χ3n) is 14.2. The van der Waals surface area contributed by atoms with Crippen LogP contribution in [0, 0.1) is 22.9 Å². The van der Waals surface area contributed by atoms with Crippen LogP contribution in [0.5, 0.6) is 11.5 Å². The second-order valence-electron chi connectivity index (χ2n) is 18.5. The molecule has 74 heavy (non-hydrogen) atoms. The monoisotopic (exact) mass is 1130 g/mol. The van der Waals surface area contributed by atoms with Crippen molar-refractivity contribution in [1.82, 2.24) is 18.7 Å². The summed E-state index contributed by atoms with van der Waals surface area (Å²) in [6, 6.07) is 75.5. The van der Waals surface area contributed by atoms with E-state index in [1.165, 1.54) is 38.9 Å². The van der Waals surface area contributed by atoms with Crippen molar-refractivity contribution in [2.45, 2.75) is 13.3 Å². The van der Waals surface area contributed by atoms with E-state index in [4.69, 9.17) is 16.6 Å². The third-order valence-corrected chi connectivity index (χ3v) is 15.2. The second kappa shape index (κ2) is 18.0. The molecule has 0 fully saturated rings. The summed E-state index contributed by atoms with van der Waals surface area (Å²) in [5.41, 5.74) is 19.0. The van der Waals surface area contributed by atoms with Crippen LogP contribution >= 0.6 is 0 Å². The van der Waals surface area contributed by atoms with E-state index >= 15 is 0 Å². The number of aromatic nitrogens is 4. The number of nitrogens with zero attached hydrogens (tertiary/aromatic N) is 4. The molecule has 354 valence electrons. The molecule has 0 saturated heterocycles. The number of imidazole rings is 1. The molecule has 0 unspecified atom stereocenters. The van der Waals surface area contributed by atoms with Gasteiger partial charge in [0.1, 0.15) is 0 Å². The number of para-hydroxylation sites is 3. The molecule has 0 bridgehead atoms. The van der Waals surface area contributed by atoms with Crippen LogP contribution in [-0.2, 0) is 25.8 Å². The van der Waals surface area contributed by atoms with Crippen LogP contribution < -0.4 is 4.74 Å². The molecule has 6 heteroatoms. The number of ether oxygens (including phenoxy) is 1. The molecule has 1 aliphatic carbocycles. The summed E-state index contributed by atoms with van der Waals surface area (Å²) in [5, 5.41) is 1.95. The Morgan fingerprint density at radius 2 is 1.19 bits per heavy atom. The molecule has 0 radical (unpaired) electrons. The molecule has 1 aliphatic rings. The molecule has 0 spiro atoms. The Morgan fingerprint density at radius 3 is 1.95 bits per heavy atom. The number of hydrogen-bond acceptors (Lipinski definition) is 2. The Labute approximate surface area is 446 Å². The van der Waals surface area contributed by atoms with Gasteiger partial charge in [0.15, 0.2) is 0 Å². The summed E-state index contributed by atoms with van der Waals surface area (Å²) in [7, 11) is 0. The average Bonchev–Trinajstić information content (AvgIpc) is 4.25. The van der Waals surface area contributed by atoms with Crippen LogP contribution in [0.3, 0.4) is 0 Å². The van der Waals surface area contributed by atoms with Gasteiger partial charge >= 0.3 is 364 Å². The van der Waals surface area contributed by atoms with Crippen molar-refractivity contribution in [3.05, 3.63) is 269 Å². The maximum atomic E-state index is 8.65. The SMILES string of the molecule is [2H]c1c([2H])c([2H])c(-c2cnc(-n3c4[c-]c(Oc5[c-]c(-n6[c](=[Pt])n(-c7c(-c8ccccc8)cc8c(c7-c7ccccc7)Cc7cc(-c9ccccc9)ccc7-8)c7ccccc76)ccc5)ccc4c4ccccc43)cc2C)c([2H])c1[2H]. The van der Waals surface area contributed by atoms with Crippen molar-refractivity contribution < 1.29 is 30.9 Å². The van der Waals surface area contributed by atoms with Gasteiger partial charge in [0.25, 0.3) is 0 Å². The first-order valence-corrected chi connectivity index (χ1v) is 25.6. The Hall–Kier alpha value is -8.89. The van der Waals surface area contributed by atoms with Crippen LogP contribution in [0.2, 0.25) is 0 Å². The molecule has 3 aromatic heterocycles. The summed E-state index contributed by atoms with van der Waals surface area (Å²) >= 11 is 2.49. The fourth-order valence-corrected chi connectivity index (χ4v) is 12.0. The van der Waals surface area contributed by atoms with E-state index in [1.54, 1.807) is 6.20 Å². The second-order valence-corrected chi connectivity index (χ2v) is 19.5. The zero-order valence-corrected chi connectivity index (χ0v) is 42.1. The van der Waals surface area contributed by atoms with E-state index in [9.17, 15) is 0 Å². The van der Waals surface area contributed by atoms with E-state index < -0.39 is 6.04 Å². The topological polar surface area (TPSA) is 36.9 Å². The molecule has 10 aromatic carbocycles. The summed E-state index contributed by atoms with van der Waals surface area (Å²) in [5.74, 6) is 1.57. The smallest absolute Gasteiger partial charge is 0.0616 e. The van der Waals surface area contributed by atoms with Crippen molar-refractivity contribution in [3.63, 3.8) is 0 Å². The number of rotatable bonds is 9. The van der Waals surface area contributed by atoms with Crippen molar-refractivity contribution in [2.75, 3.05) is 0 Å². The maximum absolute atomic E-state index is 8.65. The van der Waals surface area contributed by atoms with Gasteiger partial charge < -0.3 is 0 Å². The molecule has 5 nitrogen and oxygen atoms in total. The first-order chi connectivity index (χ1) is 38.6. The zero-order valence-electron chi connectivity index (χ0n) is 44.9. The minimum atomic E-state index is -0.434. The Bertz CT molecular complexity index is 4680. The van der Waals surface area contributed by atoms with Crippen LogP contribution in [-0.4, -0.2) is 18.7 Å². The van der Waals surface area contributed by atoms with E-state index in [0.717, 1.165) is 71.1 Å². The van der Waals surface area contributed by atoms with Gasteiger partial charge in [-0.1, -0.05) is 48.4 Å². The predicted octanol–water partition coefficient (Wildman–Crippen LogP) is 16.9. The number of aryl methyl sites for hydroxylation is 1. The standard InChI is InChI=1S/C68H44N4O.Pt/c1-45-37-66(69-43-61(45)48-23-10-4-11-24-48)72-62-30-15-14-29-56(62)57-36-34-54(41-65(57)72)73-53-28-18-27-52(40-53)70-44-71(64-32-17-16-31-63(64)70)68-58(47-21-8-3-9-22-47)42-59-55-35-33-50(46-19-6-2-7-20-46)38-51(55)39-60(59)67(68)49-25-12-5-13-26-49;/h2-38,42-43H,39H2,1H3;/q-2;/i4D,10D,11D,23D,24D;. The van der Waals surface area contributed by atoms with Crippen molar-refractivity contribution >= 4 is 32.8 Å². The first kappa shape index (κ1) is 38.7. The molecule has 14 rings (SSSR count). The molecule has 0 saturated carbocycles. The van der Waals surface area contributed by atoms with E-state index in [2.05, 4.69) is 192 Å². The van der Waals surface area contributed by atoms with Crippen LogP contribution in [0.4, 0.5) is 0 Å². The quantitative estimate of drug-likeness (QED) is 0.135. The molecule has 0 amide bonds. The number of hydrogen-bond donors (Lipinski definition) is 0. The minimum absolute atomic E-state index is 0.115. The fourth-order valence-electron chi connectivity index (χ4n) is 10.9. The van der Waals surface area contributed by atoms with Gasteiger partial charge in [0.2, 0.25) is 0 Å². The van der Waals surface area contributed by atoms with Gasteiger partial charge in [-0.3, -0.25) is 0 Å². The van der Waals surface area contributed by atoms with Gasteiger partial charge in [0, 0.05) is 11.8 Å². The predicted molar refractivity (Wildman–Crippen MR) is 297 cm³/mol. The van der Waals surface area contributed by atoms with Crippen LogP contribution in [0.1, 0.15) is 23.5 Å². The molecule has 0 aliphatic heterocycles. The summed E-state index contributed by atoms with van der Waals surface area (Å²) in [6.45, 7) is 1.86. The molecular formula is C68H44N4OPt-2. The molecule has 13 aromatic rings. The molecular weight excluding hydrogens is 1080 g/mol. The van der Waals surface area contributed by atoms with Gasteiger partial charge in [-0.15, -0.1) is 0 Å². The summed E-state index contributed by atoms with van der Waals surface area (Å²) in [4.78, 5) is 4.88. The Kier molecular flexibility index (Phi) is 9.42. The summed E-state index contributed by atoms with van der Waals surface area (Å²) < 4.78 is 56.4. The van der Waals surface area contributed by atoms with Crippen LogP contribution in [0.25, 0.3) is 106 Å².